The Kier molecular flexibility index (Phi) is 5.38. The van der Waals surface area contributed by atoms with Gasteiger partial charge in [-0.1, -0.05) is 12.1 Å². The van der Waals surface area contributed by atoms with E-state index in [2.05, 4.69) is 10.3 Å². The topological polar surface area (TPSA) is 51.2 Å². The van der Waals surface area contributed by atoms with Gasteiger partial charge in [0.25, 0.3) is 0 Å². The van der Waals surface area contributed by atoms with E-state index < -0.39 is 0 Å². The fourth-order valence-corrected chi connectivity index (χ4v) is 2.58. The molecular weight excluding hydrogens is 296 g/mol. The lowest BCUT2D eigenvalue weighted by Gasteiger charge is -2.05. The van der Waals surface area contributed by atoms with Gasteiger partial charge < -0.3 is 10.1 Å². The van der Waals surface area contributed by atoms with Crippen molar-refractivity contribution in [3.05, 3.63) is 29.6 Å². The highest BCUT2D eigenvalue weighted by Crippen LogP contribution is 2.31. The Morgan fingerprint density at radius 3 is 3.00 bits per heavy atom. The van der Waals surface area contributed by atoms with Crippen LogP contribution in [0.5, 0.6) is 5.75 Å². The summed E-state index contributed by atoms with van der Waals surface area (Å²) in [5.41, 5.74) is 1.70. The van der Waals surface area contributed by atoms with Crippen LogP contribution in [-0.4, -0.2) is 23.9 Å². The standard InChI is InChI=1S/C14H15ClN2O2S/c1-19-12-6-3-2-5-10(12)11-9-20-14(16-11)17-13(18)7-4-8-15/h2-3,5-6,9H,4,7-8H2,1H3,(H,16,17,18). The molecule has 0 aliphatic heterocycles. The van der Waals surface area contributed by atoms with Crippen LogP contribution in [-0.2, 0) is 4.79 Å². The molecule has 0 atom stereocenters. The molecule has 0 bridgehead atoms. The van der Waals surface area contributed by atoms with Crippen molar-refractivity contribution in [2.75, 3.05) is 18.3 Å². The van der Waals surface area contributed by atoms with Gasteiger partial charge in [-0.3, -0.25) is 4.79 Å². The third-order valence-electron chi connectivity index (χ3n) is 2.67. The maximum Gasteiger partial charge on any atom is 0.226 e. The van der Waals surface area contributed by atoms with E-state index in [1.54, 1.807) is 7.11 Å². The fourth-order valence-electron chi connectivity index (χ4n) is 1.72. The lowest BCUT2D eigenvalue weighted by Crippen LogP contribution is -2.10. The van der Waals surface area contributed by atoms with Crippen LogP contribution < -0.4 is 10.1 Å². The third-order valence-corrected chi connectivity index (χ3v) is 3.70. The van der Waals surface area contributed by atoms with Crippen molar-refractivity contribution in [1.29, 1.82) is 0 Å². The molecule has 4 nitrogen and oxygen atoms in total. The van der Waals surface area contributed by atoms with Crippen LogP contribution in [0.2, 0.25) is 0 Å². The number of hydrogen-bond acceptors (Lipinski definition) is 4. The average molecular weight is 311 g/mol. The van der Waals surface area contributed by atoms with E-state index in [9.17, 15) is 4.79 Å². The molecule has 0 radical (unpaired) electrons. The number of benzene rings is 1. The minimum atomic E-state index is -0.0634. The minimum Gasteiger partial charge on any atom is -0.496 e. The number of alkyl halides is 1. The highest BCUT2D eigenvalue weighted by atomic mass is 35.5. The molecule has 106 valence electrons. The molecule has 0 aliphatic rings. The van der Waals surface area contributed by atoms with Crippen molar-refractivity contribution >= 4 is 34.0 Å². The molecule has 0 spiro atoms. The Bertz CT molecular complexity index is 586. The van der Waals surface area contributed by atoms with E-state index >= 15 is 0 Å². The number of aromatic nitrogens is 1. The van der Waals surface area contributed by atoms with Crippen LogP contribution in [0.15, 0.2) is 29.6 Å². The first kappa shape index (κ1) is 14.8. The first-order chi connectivity index (χ1) is 9.74. The lowest BCUT2D eigenvalue weighted by molar-refractivity contribution is -0.116. The smallest absolute Gasteiger partial charge is 0.226 e. The summed E-state index contributed by atoms with van der Waals surface area (Å²) in [6.07, 6.45) is 1.07. The molecule has 2 aromatic rings. The molecule has 1 amide bonds. The van der Waals surface area contributed by atoms with Gasteiger partial charge in [-0.15, -0.1) is 22.9 Å². The number of nitrogens with one attached hydrogen (secondary N) is 1. The van der Waals surface area contributed by atoms with Crippen LogP contribution in [0.4, 0.5) is 5.13 Å². The Hall–Kier alpha value is -1.59. The summed E-state index contributed by atoms with van der Waals surface area (Å²) in [6, 6.07) is 7.65. The zero-order chi connectivity index (χ0) is 14.4. The van der Waals surface area contributed by atoms with E-state index in [0.29, 0.717) is 23.9 Å². The van der Waals surface area contributed by atoms with Gasteiger partial charge in [0.2, 0.25) is 5.91 Å². The number of anilines is 1. The summed E-state index contributed by atoms with van der Waals surface area (Å²) >= 11 is 6.95. The van der Waals surface area contributed by atoms with Crippen molar-refractivity contribution < 1.29 is 9.53 Å². The maximum atomic E-state index is 11.6. The van der Waals surface area contributed by atoms with Gasteiger partial charge in [-0.2, -0.15) is 0 Å². The molecule has 0 fully saturated rings. The first-order valence-corrected chi connectivity index (χ1v) is 7.60. The molecule has 1 N–H and O–H groups in total. The van der Waals surface area contributed by atoms with Gasteiger partial charge in [-0.25, -0.2) is 4.98 Å². The van der Waals surface area contributed by atoms with Crippen LogP contribution in [0, 0.1) is 0 Å². The van der Waals surface area contributed by atoms with Crippen molar-refractivity contribution in [3.8, 4) is 17.0 Å². The molecule has 0 saturated heterocycles. The van der Waals surface area contributed by atoms with Crippen LogP contribution in [0.1, 0.15) is 12.8 Å². The molecule has 1 heterocycles. The number of para-hydroxylation sites is 1. The molecule has 1 aromatic heterocycles. The number of thiazole rings is 1. The number of carbonyl (C=O) groups is 1. The molecule has 0 saturated carbocycles. The van der Waals surface area contributed by atoms with Gasteiger partial charge in [0, 0.05) is 23.2 Å². The van der Waals surface area contributed by atoms with Crippen molar-refractivity contribution in [2.45, 2.75) is 12.8 Å². The van der Waals surface area contributed by atoms with Crippen molar-refractivity contribution in [3.63, 3.8) is 0 Å². The Morgan fingerprint density at radius 1 is 1.45 bits per heavy atom. The summed E-state index contributed by atoms with van der Waals surface area (Å²) in [5.74, 6) is 1.18. The molecule has 1 aromatic carbocycles. The molecule has 0 unspecified atom stereocenters. The SMILES string of the molecule is COc1ccccc1-c1csc(NC(=O)CCCCl)n1. The molecular formula is C14H15ClN2O2S. The van der Waals surface area contributed by atoms with Gasteiger partial charge in [0.05, 0.1) is 12.8 Å². The van der Waals surface area contributed by atoms with Gasteiger partial charge in [0.1, 0.15) is 5.75 Å². The largest absolute Gasteiger partial charge is 0.496 e. The summed E-state index contributed by atoms with van der Waals surface area (Å²) in [4.78, 5) is 16.0. The van der Waals surface area contributed by atoms with E-state index in [1.165, 1.54) is 11.3 Å². The van der Waals surface area contributed by atoms with E-state index in [4.69, 9.17) is 16.3 Å². The average Bonchev–Trinajstić information content (AvgIpc) is 2.93. The van der Waals surface area contributed by atoms with E-state index in [-0.39, 0.29) is 5.91 Å². The number of amides is 1. The minimum absolute atomic E-state index is 0.0634. The van der Waals surface area contributed by atoms with Gasteiger partial charge in [0.15, 0.2) is 5.13 Å². The number of hydrogen-bond donors (Lipinski definition) is 1. The highest BCUT2D eigenvalue weighted by Gasteiger charge is 2.10. The fraction of sp³-hybridized carbons (Fsp3) is 0.286. The summed E-state index contributed by atoms with van der Waals surface area (Å²) in [7, 11) is 1.63. The summed E-state index contributed by atoms with van der Waals surface area (Å²) < 4.78 is 5.31. The summed E-state index contributed by atoms with van der Waals surface area (Å²) in [6.45, 7) is 0. The molecule has 0 aliphatic carbocycles. The molecule has 6 heteroatoms. The number of ether oxygens (including phenoxy) is 1. The van der Waals surface area contributed by atoms with Crippen molar-refractivity contribution in [1.82, 2.24) is 4.98 Å². The number of rotatable bonds is 6. The number of methoxy groups -OCH3 is 1. The number of nitrogens with zero attached hydrogens (tertiary/aromatic N) is 1. The second-order valence-corrected chi connectivity index (χ2v) is 5.31. The second-order valence-electron chi connectivity index (χ2n) is 4.08. The highest BCUT2D eigenvalue weighted by molar-refractivity contribution is 7.14. The zero-order valence-electron chi connectivity index (χ0n) is 11.1. The predicted octanol–water partition coefficient (Wildman–Crippen LogP) is 3.78. The van der Waals surface area contributed by atoms with Crippen molar-refractivity contribution in [2.24, 2.45) is 0 Å². The zero-order valence-corrected chi connectivity index (χ0v) is 12.6. The third kappa shape index (κ3) is 3.71. The van der Waals surface area contributed by atoms with Gasteiger partial charge in [-0.05, 0) is 18.6 Å². The maximum absolute atomic E-state index is 11.6. The van der Waals surface area contributed by atoms with E-state index in [0.717, 1.165) is 17.0 Å². The second kappa shape index (κ2) is 7.26. The van der Waals surface area contributed by atoms with Crippen LogP contribution >= 0.6 is 22.9 Å². The lowest BCUT2D eigenvalue weighted by atomic mass is 10.1. The number of carbonyl (C=O) groups excluding carboxylic acids is 1. The van der Waals surface area contributed by atoms with Crippen LogP contribution in [0.3, 0.4) is 0 Å². The number of halogens is 1. The quantitative estimate of drug-likeness (QED) is 0.826. The molecule has 2 rings (SSSR count). The predicted molar refractivity (Wildman–Crippen MR) is 82.7 cm³/mol. The summed E-state index contributed by atoms with van der Waals surface area (Å²) in [5, 5.41) is 5.26. The van der Waals surface area contributed by atoms with Crippen LogP contribution in [0.25, 0.3) is 11.3 Å². The Labute approximate surface area is 126 Å². The monoisotopic (exact) mass is 310 g/mol. The first-order valence-electron chi connectivity index (χ1n) is 6.19. The Balaban J connectivity index is 2.10. The normalized spacial score (nSPS) is 10.3. The molecule has 20 heavy (non-hydrogen) atoms. The van der Waals surface area contributed by atoms with Gasteiger partial charge >= 0.3 is 0 Å². The van der Waals surface area contributed by atoms with E-state index in [1.807, 2.05) is 29.6 Å². The Morgan fingerprint density at radius 2 is 2.25 bits per heavy atom.